The summed E-state index contributed by atoms with van der Waals surface area (Å²) in [5, 5.41) is 3.74. The van der Waals surface area contributed by atoms with E-state index in [2.05, 4.69) is 43.6 Å². The number of fused-ring (bicyclic) bond motifs is 1. The third kappa shape index (κ3) is 3.18. The van der Waals surface area contributed by atoms with Crippen molar-refractivity contribution in [2.75, 3.05) is 7.05 Å². The summed E-state index contributed by atoms with van der Waals surface area (Å²) in [6.45, 7) is 2.39. The van der Waals surface area contributed by atoms with Gasteiger partial charge in [-0.25, -0.2) is 0 Å². The van der Waals surface area contributed by atoms with Gasteiger partial charge in [-0.3, -0.25) is 0 Å². The van der Waals surface area contributed by atoms with E-state index < -0.39 is 0 Å². The van der Waals surface area contributed by atoms with Gasteiger partial charge in [0.05, 0.1) is 0 Å². The van der Waals surface area contributed by atoms with Crippen LogP contribution in [0.15, 0.2) is 24.3 Å². The monoisotopic (exact) mass is 285 g/mol. The molecule has 0 bridgehead atoms. The number of rotatable bonds is 4. The van der Waals surface area contributed by atoms with Crippen LogP contribution in [0.5, 0.6) is 0 Å². The smallest absolute Gasteiger partial charge is 0.0126 e. The maximum Gasteiger partial charge on any atom is 0.0126 e. The topological polar surface area (TPSA) is 12.0 Å². The standard InChI is InChI=1S/C20H31N/c1-3-15-8-6-7-11-19(15)20(21-2)18-13-12-16-9-4-5-10-17(16)14-18/h4-5,9-10,15,18-21H,3,6-8,11-14H2,1-2H3. The molecule has 1 aromatic carbocycles. The molecule has 1 saturated carbocycles. The van der Waals surface area contributed by atoms with Crippen molar-refractivity contribution in [1.29, 1.82) is 0 Å². The SMILES string of the molecule is CCC1CCCCC1C(NC)C1CCc2ccccc2C1. The summed E-state index contributed by atoms with van der Waals surface area (Å²) in [6, 6.07) is 9.82. The quantitative estimate of drug-likeness (QED) is 0.853. The van der Waals surface area contributed by atoms with E-state index in [1.807, 2.05) is 0 Å². The van der Waals surface area contributed by atoms with Crippen LogP contribution in [0.25, 0.3) is 0 Å². The Labute approximate surface area is 130 Å². The van der Waals surface area contributed by atoms with Crippen molar-refractivity contribution in [3.63, 3.8) is 0 Å². The Morgan fingerprint density at radius 2 is 1.86 bits per heavy atom. The number of aryl methyl sites for hydroxylation is 1. The van der Waals surface area contributed by atoms with E-state index in [9.17, 15) is 0 Å². The molecule has 0 aliphatic heterocycles. The second kappa shape index (κ2) is 6.96. The third-order valence-corrected chi connectivity index (χ3v) is 6.18. The lowest BCUT2D eigenvalue weighted by Crippen LogP contribution is -2.46. The zero-order chi connectivity index (χ0) is 14.7. The molecule has 1 aromatic rings. The molecule has 0 saturated heterocycles. The Morgan fingerprint density at radius 3 is 2.62 bits per heavy atom. The van der Waals surface area contributed by atoms with Crippen molar-refractivity contribution in [3.8, 4) is 0 Å². The summed E-state index contributed by atoms with van der Waals surface area (Å²) in [7, 11) is 2.20. The first kappa shape index (κ1) is 15.1. The van der Waals surface area contributed by atoms with E-state index in [4.69, 9.17) is 0 Å². The van der Waals surface area contributed by atoms with Gasteiger partial charge in [-0.2, -0.15) is 0 Å². The largest absolute Gasteiger partial charge is 0.316 e. The molecule has 4 atom stereocenters. The summed E-state index contributed by atoms with van der Waals surface area (Å²) >= 11 is 0. The number of hydrogen-bond acceptors (Lipinski definition) is 1. The first-order valence-corrected chi connectivity index (χ1v) is 9.07. The van der Waals surface area contributed by atoms with Gasteiger partial charge in [0.2, 0.25) is 0 Å². The first-order chi connectivity index (χ1) is 10.3. The molecular formula is C20H31N. The Morgan fingerprint density at radius 1 is 1.10 bits per heavy atom. The van der Waals surface area contributed by atoms with E-state index in [0.29, 0.717) is 0 Å². The Hall–Kier alpha value is -0.820. The summed E-state index contributed by atoms with van der Waals surface area (Å²) in [4.78, 5) is 0. The molecule has 0 amide bonds. The molecule has 116 valence electrons. The fourth-order valence-corrected chi connectivity index (χ4v) is 5.05. The molecule has 0 aromatic heterocycles. The summed E-state index contributed by atoms with van der Waals surface area (Å²) in [5.74, 6) is 2.69. The minimum absolute atomic E-state index is 0.726. The lowest BCUT2D eigenvalue weighted by Gasteiger charge is -2.42. The molecule has 1 fully saturated rings. The highest BCUT2D eigenvalue weighted by atomic mass is 14.9. The van der Waals surface area contributed by atoms with E-state index in [1.54, 1.807) is 11.1 Å². The Balaban J connectivity index is 1.75. The van der Waals surface area contributed by atoms with Gasteiger partial charge < -0.3 is 5.32 Å². The highest BCUT2D eigenvalue weighted by Crippen LogP contribution is 2.39. The third-order valence-electron chi connectivity index (χ3n) is 6.18. The molecule has 1 N–H and O–H groups in total. The van der Waals surface area contributed by atoms with E-state index >= 15 is 0 Å². The Kier molecular flexibility index (Phi) is 5.00. The van der Waals surface area contributed by atoms with Crippen molar-refractivity contribution in [1.82, 2.24) is 5.32 Å². The highest BCUT2D eigenvalue weighted by molar-refractivity contribution is 5.30. The second-order valence-electron chi connectivity index (χ2n) is 7.20. The van der Waals surface area contributed by atoms with E-state index in [1.165, 1.54) is 51.4 Å². The summed E-state index contributed by atoms with van der Waals surface area (Å²) in [5.41, 5.74) is 3.21. The van der Waals surface area contributed by atoms with Crippen molar-refractivity contribution >= 4 is 0 Å². The van der Waals surface area contributed by atoms with Crippen LogP contribution in [-0.4, -0.2) is 13.1 Å². The summed E-state index contributed by atoms with van der Waals surface area (Å²) in [6.07, 6.45) is 11.1. The van der Waals surface area contributed by atoms with Gasteiger partial charge >= 0.3 is 0 Å². The average molecular weight is 285 g/mol. The fraction of sp³-hybridized carbons (Fsp3) is 0.700. The molecule has 0 radical (unpaired) electrons. The van der Waals surface area contributed by atoms with Gasteiger partial charge in [0.15, 0.2) is 0 Å². The van der Waals surface area contributed by atoms with Crippen LogP contribution in [0.3, 0.4) is 0 Å². The van der Waals surface area contributed by atoms with Crippen LogP contribution >= 0.6 is 0 Å². The molecular weight excluding hydrogens is 254 g/mol. The van der Waals surface area contributed by atoms with Gasteiger partial charge in [-0.15, -0.1) is 0 Å². The van der Waals surface area contributed by atoms with Gasteiger partial charge in [0.1, 0.15) is 0 Å². The zero-order valence-corrected chi connectivity index (χ0v) is 13.8. The normalized spacial score (nSPS) is 30.7. The van der Waals surface area contributed by atoms with E-state index in [-0.39, 0.29) is 0 Å². The van der Waals surface area contributed by atoms with Crippen LogP contribution in [0, 0.1) is 17.8 Å². The number of hydrogen-bond donors (Lipinski definition) is 1. The van der Waals surface area contributed by atoms with Gasteiger partial charge in [-0.1, -0.05) is 56.9 Å². The second-order valence-corrected chi connectivity index (χ2v) is 7.20. The maximum atomic E-state index is 3.74. The van der Waals surface area contributed by atoms with Crippen molar-refractivity contribution in [3.05, 3.63) is 35.4 Å². The minimum Gasteiger partial charge on any atom is -0.316 e. The minimum atomic E-state index is 0.726. The first-order valence-electron chi connectivity index (χ1n) is 9.07. The highest BCUT2D eigenvalue weighted by Gasteiger charge is 2.35. The predicted octanol–water partition coefficient (Wildman–Crippen LogP) is 4.60. The molecule has 3 rings (SSSR count). The van der Waals surface area contributed by atoms with Crippen LogP contribution in [0.4, 0.5) is 0 Å². The molecule has 0 spiro atoms. The van der Waals surface area contributed by atoms with Crippen LogP contribution in [-0.2, 0) is 12.8 Å². The lowest BCUT2D eigenvalue weighted by atomic mass is 9.67. The summed E-state index contributed by atoms with van der Waals surface area (Å²) < 4.78 is 0. The molecule has 4 unspecified atom stereocenters. The predicted molar refractivity (Wildman–Crippen MR) is 90.5 cm³/mol. The Bertz CT molecular complexity index is 453. The van der Waals surface area contributed by atoms with Crippen molar-refractivity contribution in [2.24, 2.45) is 17.8 Å². The van der Waals surface area contributed by atoms with E-state index in [0.717, 1.165) is 23.8 Å². The zero-order valence-electron chi connectivity index (χ0n) is 13.8. The average Bonchev–Trinajstić information content (AvgIpc) is 2.56. The molecule has 2 aliphatic rings. The molecule has 0 heterocycles. The van der Waals surface area contributed by atoms with Gasteiger partial charge in [0.25, 0.3) is 0 Å². The van der Waals surface area contributed by atoms with Crippen molar-refractivity contribution < 1.29 is 0 Å². The molecule has 1 nitrogen and oxygen atoms in total. The van der Waals surface area contributed by atoms with Gasteiger partial charge in [-0.05, 0) is 61.6 Å². The molecule has 1 heteroatoms. The van der Waals surface area contributed by atoms with Crippen LogP contribution < -0.4 is 5.32 Å². The maximum absolute atomic E-state index is 3.74. The lowest BCUT2D eigenvalue weighted by molar-refractivity contribution is 0.135. The number of benzene rings is 1. The number of nitrogens with one attached hydrogen (secondary N) is 1. The van der Waals surface area contributed by atoms with Gasteiger partial charge in [0, 0.05) is 6.04 Å². The van der Waals surface area contributed by atoms with Crippen LogP contribution in [0.1, 0.15) is 56.6 Å². The molecule has 2 aliphatic carbocycles. The van der Waals surface area contributed by atoms with Crippen molar-refractivity contribution in [2.45, 2.75) is 64.3 Å². The van der Waals surface area contributed by atoms with Crippen LogP contribution in [0.2, 0.25) is 0 Å². The molecule has 21 heavy (non-hydrogen) atoms. The fourth-order valence-electron chi connectivity index (χ4n) is 5.05.